The first kappa shape index (κ1) is 36.4. The van der Waals surface area contributed by atoms with Crippen LogP contribution in [0.3, 0.4) is 0 Å². The van der Waals surface area contributed by atoms with Crippen molar-refractivity contribution in [3.63, 3.8) is 0 Å². The molecule has 0 amide bonds. The van der Waals surface area contributed by atoms with Crippen molar-refractivity contribution in [2.45, 2.75) is 0 Å². The van der Waals surface area contributed by atoms with Crippen molar-refractivity contribution in [2.75, 3.05) is 0 Å². The van der Waals surface area contributed by atoms with E-state index in [1.807, 2.05) is 24.3 Å². The van der Waals surface area contributed by atoms with E-state index in [1.165, 1.54) is 24.3 Å². The van der Waals surface area contributed by atoms with E-state index in [0.717, 1.165) is 44.1 Å². The zero-order chi connectivity index (χ0) is 27.1. The van der Waals surface area contributed by atoms with Crippen molar-refractivity contribution in [2.24, 2.45) is 0 Å². The fraction of sp³-hybridized carbons (Fsp3) is 0. The Morgan fingerprint density at radius 3 is 1.05 bits per heavy atom. The summed E-state index contributed by atoms with van der Waals surface area (Å²) in [7, 11) is 0. The van der Waals surface area contributed by atoms with E-state index in [2.05, 4.69) is 36.6 Å². The molecular weight excluding hydrogens is 688 g/mol. The molecule has 0 atom stereocenters. The number of halogens is 3. The fourth-order valence-corrected chi connectivity index (χ4v) is 3.59. The molecule has 0 bridgehead atoms. The van der Waals surface area contributed by atoms with Crippen LogP contribution in [0.1, 0.15) is 0 Å². The van der Waals surface area contributed by atoms with Gasteiger partial charge in [-0.15, -0.1) is 12.4 Å². The van der Waals surface area contributed by atoms with Gasteiger partial charge in [-0.25, -0.2) is 8.78 Å². The molecule has 0 saturated carbocycles. The summed E-state index contributed by atoms with van der Waals surface area (Å²) >= 11 is 0. The van der Waals surface area contributed by atoms with Gasteiger partial charge in [0.15, 0.2) is 0 Å². The molecule has 2 aromatic heterocycles. The van der Waals surface area contributed by atoms with Gasteiger partial charge in [0.25, 0.3) is 0 Å². The summed E-state index contributed by atoms with van der Waals surface area (Å²) in [6.45, 7) is 18.0. The van der Waals surface area contributed by atoms with Crippen molar-refractivity contribution in [3.05, 3.63) is 123 Å². The number of aromatic nitrogens is 2. The zero-order valence-corrected chi connectivity index (χ0v) is 22.7. The SMILES string of the molecule is Cl.Fc1ccc(-c2ccnc3c2ccc2c(-c4ccc(F)cc4)ccnc23)cc1.[C-]#[O+].[C-]#[O+].[C-]#[O+].[C-]#[O+].[Re]. The Morgan fingerprint density at radius 1 is 0.474 bits per heavy atom. The average molecular weight is 703 g/mol. The number of nitrogens with zero attached hydrogens (tertiary/aromatic N) is 2. The largest absolute Gasteiger partial charge is 0 e. The van der Waals surface area contributed by atoms with Crippen LogP contribution in [0, 0.1) is 38.2 Å². The summed E-state index contributed by atoms with van der Waals surface area (Å²) in [5, 5.41) is 1.90. The van der Waals surface area contributed by atoms with Crippen LogP contribution < -0.4 is 0 Å². The fourth-order valence-electron chi connectivity index (χ4n) is 3.59. The first-order valence-corrected chi connectivity index (χ1v) is 9.71. The van der Waals surface area contributed by atoms with Crippen LogP contribution >= 0.6 is 12.4 Å². The molecule has 1 radical (unpaired) electrons. The topological polar surface area (TPSA) is 105 Å². The van der Waals surface area contributed by atoms with Crippen LogP contribution in [-0.2, 0) is 39.0 Å². The molecule has 5 rings (SSSR count). The Balaban J connectivity index is 0. The van der Waals surface area contributed by atoms with Gasteiger partial charge in [0.2, 0.25) is 0 Å². The molecule has 3 aromatic carbocycles. The predicted molar refractivity (Wildman–Crippen MR) is 131 cm³/mol. The van der Waals surface area contributed by atoms with Gasteiger partial charge in [0.1, 0.15) is 11.6 Å². The molecule has 0 unspecified atom stereocenters. The van der Waals surface area contributed by atoms with Gasteiger partial charge in [0.05, 0.1) is 11.0 Å². The minimum Gasteiger partial charge on any atom is 0 e. The smallest absolute Gasteiger partial charge is 0 e. The van der Waals surface area contributed by atoms with Gasteiger partial charge in [-0.1, -0.05) is 36.4 Å². The zero-order valence-electron chi connectivity index (χ0n) is 19.2. The van der Waals surface area contributed by atoms with Crippen LogP contribution in [0.15, 0.2) is 85.2 Å². The maximum atomic E-state index is 13.3. The third-order valence-electron chi connectivity index (χ3n) is 4.93. The summed E-state index contributed by atoms with van der Waals surface area (Å²) < 4.78 is 56.6. The van der Waals surface area contributed by atoms with Crippen LogP contribution in [0.5, 0.6) is 0 Å². The molecule has 2 heterocycles. The maximum Gasteiger partial charge on any atom is 0 e. The minimum absolute atomic E-state index is 0. The molecule has 6 nitrogen and oxygen atoms in total. The number of hydrogen-bond acceptors (Lipinski definition) is 2. The molecule has 0 aliphatic heterocycles. The van der Waals surface area contributed by atoms with Gasteiger partial charge in [-0.05, 0) is 58.7 Å². The molecule has 0 aliphatic carbocycles. The molecule has 0 fully saturated rings. The summed E-state index contributed by atoms with van der Waals surface area (Å²) in [5.74, 6) is -0.531. The van der Waals surface area contributed by atoms with Crippen molar-refractivity contribution in [1.29, 1.82) is 0 Å². The second-order valence-corrected chi connectivity index (χ2v) is 6.59. The van der Waals surface area contributed by atoms with Gasteiger partial charge in [-0.2, -0.15) is 0 Å². The number of pyridine rings is 2. The van der Waals surface area contributed by atoms with E-state index in [1.54, 1.807) is 36.7 Å². The van der Waals surface area contributed by atoms with Crippen LogP contribution in [0.25, 0.3) is 44.1 Å². The van der Waals surface area contributed by atoms with Crippen LogP contribution in [0.2, 0.25) is 0 Å². The first-order valence-electron chi connectivity index (χ1n) is 9.71. The third kappa shape index (κ3) is 8.40. The van der Waals surface area contributed by atoms with Crippen molar-refractivity contribution in [1.82, 2.24) is 9.97 Å². The standard InChI is InChI=1S/C24H14F2N2.4CO.ClH.Re/c25-17-5-1-15(2-6-17)19-11-13-27-23-21(19)9-10-22-20(12-14-28-24(22)23)16-3-7-18(26)8-4-16;4*1-2;;/h1-14H;;;;;1H;. The van der Waals surface area contributed by atoms with Gasteiger partial charge in [0, 0.05) is 43.6 Å². The molecular formula is C28H15ClF2N2O4Re. The van der Waals surface area contributed by atoms with E-state index >= 15 is 0 Å². The van der Waals surface area contributed by atoms with E-state index < -0.39 is 0 Å². The molecule has 38 heavy (non-hydrogen) atoms. The van der Waals surface area contributed by atoms with Crippen LogP contribution in [-0.4, -0.2) is 9.97 Å². The number of benzene rings is 3. The Bertz CT molecular complexity index is 1390. The van der Waals surface area contributed by atoms with E-state index in [4.69, 9.17) is 18.6 Å². The molecule has 0 aliphatic rings. The van der Waals surface area contributed by atoms with Gasteiger partial charge < -0.3 is 0 Å². The molecule has 10 heteroatoms. The van der Waals surface area contributed by atoms with E-state index in [-0.39, 0.29) is 44.5 Å². The molecule has 0 spiro atoms. The summed E-state index contributed by atoms with van der Waals surface area (Å²) in [5.41, 5.74) is 5.35. The maximum absolute atomic E-state index is 13.3. The summed E-state index contributed by atoms with van der Waals surface area (Å²) in [6.07, 6.45) is 3.49. The van der Waals surface area contributed by atoms with Crippen molar-refractivity contribution in [3.8, 4) is 22.3 Å². The molecule has 0 N–H and O–H groups in total. The molecule has 189 valence electrons. The Morgan fingerprint density at radius 2 is 0.763 bits per heavy atom. The monoisotopic (exact) mass is 703 g/mol. The van der Waals surface area contributed by atoms with E-state index in [0.29, 0.717) is 0 Å². The van der Waals surface area contributed by atoms with Crippen molar-refractivity contribution >= 4 is 34.2 Å². The quantitative estimate of drug-likeness (QED) is 0.117. The summed E-state index contributed by atoms with van der Waals surface area (Å²) in [4.78, 5) is 9.13. The Kier molecular flexibility index (Phi) is 18.6. The van der Waals surface area contributed by atoms with Gasteiger partial charge in [-0.3, -0.25) is 9.97 Å². The number of hydrogen-bond donors (Lipinski definition) is 0. The minimum atomic E-state index is -0.266. The number of rotatable bonds is 2. The van der Waals surface area contributed by atoms with E-state index in [9.17, 15) is 8.78 Å². The third-order valence-corrected chi connectivity index (χ3v) is 4.93. The van der Waals surface area contributed by atoms with Crippen molar-refractivity contribution < 1.29 is 47.8 Å². The first-order chi connectivity index (χ1) is 17.7. The second-order valence-electron chi connectivity index (χ2n) is 6.59. The average Bonchev–Trinajstić information content (AvgIpc) is 2.97. The molecule has 0 saturated heterocycles. The van der Waals surface area contributed by atoms with Crippen LogP contribution in [0.4, 0.5) is 8.78 Å². The number of fused-ring (bicyclic) bond motifs is 3. The predicted octanol–water partition coefficient (Wildman–Crippen LogP) is 6.66. The Hall–Kier alpha value is -3.75. The molecule has 5 aromatic rings. The van der Waals surface area contributed by atoms with Gasteiger partial charge >= 0.3 is 45.2 Å². The Labute approximate surface area is 237 Å². The summed E-state index contributed by atoms with van der Waals surface area (Å²) in [6, 6.07) is 20.7. The normalized spacial score (nSPS) is 8.47. The second kappa shape index (κ2) is 19.4.